The first-order valence-electron chi connectivity index (χ1n) is 10.2. The van der Waals surface area contributed by atoms with Crippen LogP contribution in [0.4, 0.5) is 0 Å². The van der Waals surface area contributed by atoms with Gasteiger partial charge < -0.3 is 10.0 Å². The summed E-state index contributed by atoms with van der Waals surface area (Å²) in [5.74, 6) is -1.73. The molecule has 1 aliphatic rings. The topological polar surface area (TPSA) is 93.0 Å². The third kappa shape index (κ3) is 4.03. The molecule has 0 aliphatic carbocycles. The number of ketones is 1. The molecule has 0 bridgehead atoms. The fourth-order valence-electron chi connectivity index (χ4n) is 3.94. The van der Waals surface area contributed by atoms with Crippen molar-refractivity contribution < 1.29 is 19.3 Å². The lowest BCUT2D eigenvalue weighted by atomic mass is 9.94. The summed E-state index contributed by atoms with van der Waals surface area (Å²) in [6.07, 6.45) is 6.22. The predicted molar refractivity (Wildman–Crippen MR) is 114 cm³/mol. The molecule has 3 aromatic rings. The number of H-pyrrole nitrogens is 1. The van der Waals surface area contributed by atoms with Crippen LogP contribution in [0.5, 0.6) is 0 Å². The fourth-order valence-corrected chi connectivity index (χ4v) is 4.82. The molecule has 2 aromatic heterocycles. The Morgan fingerprint density at radius 1 is 1.26 bits per heavy atom. The molecule has 1 aromatic carbocycles. The Morgan fingerprint density at radius 2 is 2.00 bits per heavy atom. The van der Waals surface area contributed by atoms with E-state index in [0.29, 0.717) is 30.1 Å². The number of Topliss-reactive ketones (excluding diaryl/α,β-unsaturated/α-hetero) is 1. The number of rotatable bonds is 7. The molecule has 1 aliphatic heterocycles. The molecule has 0 radical (unpaired) electrons. The van der Waals surface area contributed by atoms with Crippen molar-refractivity contribution in [2.75, 3.05) is 6.54 Å². The molecule has 8 heteroatoms. The number of imidazole rings is 1. The van der Waals surface area contributed by atoms with E-state index in [1.807, 2.05) is 61.4 Å². The highest BCUT2D eigenvalue weighted by atomic mass is 32.1. The van der Waals surface area contributed by atoms with Crippen LogP contribution >= 0.6 is 11.3 Å². The molecule has 0 saturated heterocycles. The molecule has 7 nitrogen and oxygen atoms in total. The summed E-state index contributed by atoms with van der Waals surface area (Å²) in [7, 11) is 0. The van der Waals surface area contributed by atoms with Gasteiger partial charge in [0.15, 0.2) is 0 Å². The number of carbonyl (C=O) groups is 2. The van der Waals surface area contributed by atoms with E-state index in [4.69, 9.17) is 0 Å². The molecule has 3 heterocycles. The number of nitrogens with one attached hydrogen (secondary N) is 1. The largest absolute Gasteiger partial charge is 0.868 e. The summed E-state index contributed by atoms with van der Waals surface area (Å²) >= 11 is 1.26. The molecule has 0 spiro atoms. The number of benzene rings is 1. The monoisotopic (exact) mass is 436 g/mol. The van der Waals surface area contributed by atoms with Gasteiger partial charge in [-0.25, -0.2) is 9.55 Å². The molecule has 1 N–H and O–H groups in total. The predicted octanol–water partition coefficient (Wildman–Crippen LogP) is 2.15. The first-order valence-corrected chi connectivity index (χ1v) is 11.0. The van der Waals surface area contributed by atoms with E-state index in [1.165, 1.54) is 16.2 Å². The number of nitrogens with zero attached hydrogens (tertiary/aromatic N) is 3. The van der Waals surface area contributed by atoms with Gasteiger partial charge in [-0.05, 0) is 32.1 Å². The molecule has 31 heavy (non-hydrogen) atoms. The summed E-state index contributed by atoms with van der Waals surface area (Å²) in [5.41, 5.74) is 2.44. The highest BCUT2D eigenvalue weighted by Gasteiger charge is 2.40. The standard InChI is InChI=1S/C23H24N4O3S/c1-14-5-7-17(8-6-14)19-18(20(28)22-15(2)25-16(3)31-22)21(29)23(30)27(19)11-4-10-26-12-9-24-13-26/h5-9,12-13,19H,4,10-11H2,1-3H3,(H,28,29). The second kappa shape index (κ2) is 8.47. The Labute approximate surface area is 184 Å². The minimum absolute atomic E-state index is 0.0231. The Bertz CT molecular complexity index is 1150. The number of aromatic nitrogens is 3. The van der Waals surface area contributed by atoms with Crippen LogP contribution in [-0.2, 0) is 11.3 Å². The average Bonchev–Trinajstić information content (AvgIpc) is 3.43. The highest BCUT2D eigenvalue weighted by molar-refractivity contribution is 7.14. The summed E-state index contributed by atoms with van der Waals surface area (Å²) in [6, 6.07) is 6.95. The fraction of sp³-hybridized carbons (Fsp3) is 0.304. The van der Waals surface area contributed by atoms with Crippen LogP contribution < -0.4 is 9.67 Å². The van der Waals surface area contributed by atoms with E-state index in [-0.39, 0.29) is 5.57 Å². The van der Waals surface area contributed by atoms with Gasteiger partial charge in [0.2, 0.25) is 18.0 Å². The second-order valence-electron chi connectivity index (χ2n) is 7.73. The smallest absolute Gasteiger partial charge is 0.241 e. The van der Waals surface area contributed by atoms with Crippen molar-refractivity contribution in [3.05, 3.63) is 81.0 Å². The summed E-state index contributed by atoms with van der Waals surface area (Å²) < 4.78 is 1.97. The van der Waals surface area contributed by atoms with Crippen molar-refractivity contribution in [3.63, 3.8) is 0 Å². The van der Waals surface area contributed by atoms with Gasteiger partial charge >= 0.3 is 0 Å². The van der Waals surface area contributed by atoms with Crippen molar-refractivity contribution >= 4 is 23.0 Å². The Kier molecular flexibility index (Phi) is 5.73. The Hall–Kier alpha value is -3.26. The number of amides is 1. The molecule has 0 saturated carbocycles. The van der Waals surface area contributed by atoms with Crippen LogP contribution in [0, 0.1) is 20.8 Å². The van der Waals surface area contributed by atoms with Crippen molar-refractivity contribution in [1.29, 1.82) is 0 Å². The number of hydrogen-bond acceptors (Lipinski definition) is 5. The van der Waals surface area contributed by atoms with Crippen LogP contribution in [0.15, 0.2) is 54.3 Å². The van der Waals surface area contributed by atoms with Gasteiger partial charge in [-0.3, -0.25) is 14.6 Å². The van der Waals surface area contributed by atoms with Gasteiger partial charge in [0, 0.05) is 18.5 Å². The maximum Gasteiger partial charge on any atom is 0.241 e. The maximum absolute atomic E-state index is 13.4. The van der Waals surface area contributed by atoms with Gasteiger partial charge in [0.1, 0.15) is 12.4 Å². The molecule has 1 atom stereocenters. The number of aromatic amines is 1. The van der Waals surface area contributed by atoms with E-state index in [2.05, 4.69) is 9.97 Å². The van der Waals surface area contributed by atoms with Crippen LogP contribution in [-0.4, -0.2) is 33.1 Å². The summed E-state index contributed by atoms with van der Waals surface area (Å²) in [6.45, 7) is 6.62. The SMILES string of the molecule is Cc1ccc(C2C(C(=O)c3sc(C)nc3C)=C([O-])C(=O)N2CCC[n+]2cc[nH]c2)cc1. The maximum atomic E-state index is 13.4. The Balaban J connectivity index is 1.69. The zero-order valence-electron chi connectivity index (χ0n) is 17.7. The van der Waals surface area contributed by atoms with Crippen molar-refractivity contribution in [1.82, 2.24) is 14.9 Å². The lowest BCUT2D eigenvalue weighted by Gasteiger charge is -2.27. The van der Waals surface area contributed by atoms with E-state index in [0.717, 1.165) is 16.1 Å². The van der Waals surface area contributed by atoms with E-state index in [1.54, 1.807) is 6.92 Å². The molecule has 160 valence electrons. The summed E-state index contributed by atoms with van der Waals surface area (Å²) in [4.78, 5) is 35.7. The van der Waals surface area contributed by atoms with Crippen LogP contribution in [0.2, 0.25) is 0 Å². The lowest BCUT2D eigenvalue weighted by Crippen LogP contribution is -2.37. The van der Waals surface area contributed by atoms with Gasteiger partial charge in [-0.2, -0.15) is 0 Å². The van der Waals surface area contributed by atoms with E-state index >= 15 is 0 Å². The minimum atomic E-state index is -0.713. The van der Waals surface area contributed by atoms with Crippen molar-refractivity contribution in [2.24, 2.45) is 0 Å². The van der Waals surface area contributed by atoms with Gasteiger partial charge in [0.25, 0.3) is 0 Å². The quantitative estimate of drug-likeness (QED) is 0.454. The van der Waals surface area contributed by atoms with E-state index in [9.17, 15) is 14.7 Å². The molecule has 0 fully saturated rings. The number of aryl methyl sites for hydroxylation is 4. The van der Waals surface area contributed by atoms with Crippen molar-refractivity contribution in [3.8, 4) is 0 Å². The zero-order valence-corrected chi connectivity index (χ0v) is 18.5. The second-order valence-corrected chi connectivity index (χ2v) is 8.94. The van der Waals surface area contributed by atoms with Crippen LogP contribution in [0.1, 0.15) is 44.0 Å². The first kappa shape index (κ1) is 21.0. The third-order valence-corrected chi connectivity index (χ3v) is 6.52. The number of carbonyl (C=O) groups excluding carboxylic acids is 2. The van der Waals surface area contributed by atoms with Gasteiger partial charge in [-0.15, -0.1) is 11.3 Å². The highest BCUT2D eigenvalue weighted by Crippen LogP contribution is 2.39. The zero-order chi connectivity index (χ0) is 22.1. The molecular weight excluding hydrogens is 412 g/mol. The number of hydrogen-bond donors (Lipinski definition) is 1. The van der Waals surface area contributed by atoms with E-state index < -0.39 is 23.5 Å². The molecule has 4 rings (SSSR count). The van der Waals surface area contributed by atoms with Crippen molar-refractivity contribution in [2.45, 2.75) is 39.8 Å². The molecular formula is C23H24N4O3S. The number of thiazole rings is 1. The average molecular weight is 437 g/mol. The molecule has 1 amide bonds. The van der Waals surface area contributed by atoms with Crippen LogP contribution in [0.3, 0.4) is 0 Å². The van der Waals surface area contributed by atoms with Crippen LogP contribution in [0.25, 0.3) is 0 Å². The summed E-state index contributed by atoms with van der Waals surface area (Å²) in [5, 5.41) is 13.8. The van der Waals surface area contributed by atoms with Gasteiger partial charge in [-0.1, -0.05) is 29.8 Å². The lowest BCUT2D eigenvalue weighted by molar-refractivity contribution is -0.695. The third-order valence-electron chi connectivity index (χ3n) is 5.45. The normalized spacial score (nSPS) is 16.4. The minimum Gasteiger partial charge on any atom is -0.868 e. The Morgan fingerprint density at radius 3 is 2.61 bits per heavy atom. The first-order chi connectivity index (χ1) is 14.9. The van der Waals surface area contributed by atoms with Gasteiger partial charge in [0.05, 0.1) is 28.2 Å². The molecule has 1 unspecified atom stereocenters.